The van der Waals surface area contributed by atoms with E-state index >= 15 is 8.78 Å². The van der Waals surface area contributed by atoms with E-state index < -0.39 is 23.4 Å². The van der Waals surface area contributed by atoms with Gasteiger partial charge in [-0.2, -0.15) is 0 Å². The predicted molar refractivity (Wildman–Crippen MR) is 135 cm³/mol. The normalized spacial score (nSPS) is 14.1. The fraction of sp³-hybridized carbons (Fsp3) is 0.240. The number of aryl methyl sites for hydroxylation is 1. The van der Waals surface area contributed by atoms with E-state index in [1.165, 1.54) is 37.7 Å². The van der Waals surface area contributed by atoms with Gasteiger partial charge in [0.15, 0.2) is 29.0 Å². The maximum atomic E-state index is 15.4. The Kier molecular flexibility index (Phi) is 7.00. The summed E-state index contributed by atoms with van der Waals surface area (Å²) in [6.07, 6.45) is 5.98. The van der Waals surface area contributed by atoms with Crippen molar-refractivity contribution in [3.63, 3.8) is 0 Å². The van der Waals surface area contributed by atoms with Crippen LogP contribution in [0.4, 0.5) is 30.8 Å². The molecule has 0 saturated heterocycles. The second kappa shape index (κ2) is 10.2. The molecule has 10 nitrogen and oxygen atoms in total. The van der Waals surface area contributed by atoms with Crippen molar-refractivity contribution in [2.75, 3.05) is 31.1 Å². The first-order valence-corrected chi connectivity index (χ1v) is 11.1. The summed E-state index contributed by atoms with van der Waals surface area (Å²) in [6.45, 7) is 3.23. The third-order valence-corrected chi connectivity index (χ3v) is 5.70. The standard InChI is InChI=1S/C25H25F2N7O3/c1-13-8-30-11-21(32-13)34-18-6-17(16(10-29-3)14(2)28)31-9-15(18)12-33(25(34)35)24-22(26)19(36-4)7-20(37-5)23(24)27/h6-11H,12,28H2,1-5H3. The Hall–Kier alpha value is -4.61. The molecule has 0 atom stereocenters. The number of benzene rings is 1. The van der Waals surface area contributed by atoms with Gasteiger partial charge in [0.25, 0.3) is 0 Å². The number of hydrogen-bond acceptors (Lipinski definition) is 8. The molecule has 12 heteroatoms. The fourth-order valence-electron chi connectivity index (χ4n) is 3.97. The van der Waals surface area contributed by atoms with Crippen molar-refractivity contribution in [1.82, 2.24) is 15.0 Å². The molecule has 4 rings (SSSR count). The molecule has 1 aromatic carbocycles. The number of rotatable bonds is 6. The van der Waals surface area contributed by atoms with Gasteiger partial charge in [0.1, 0.15) is 5.69 Å². The van der Waals surface area contributed by atoms with Crippen LogP contribution in [0, 0.1) is 18.6 Å². The zero-order valence-electron chi connectivity index (χ0n) is 20.9. The summed E-state index contributed by atoms with van der Waals surface area (Å²) in [5.41, 5.74) is 8.34. The number of nitrogens with two attached hydrogens (primary N) is 1. The number of aromatic nitrogens is 3. The van der Waals surface area contributed by atoms with Gasteiger partial charge in [-0.25, -0.2) is 23.5 Å². The number of carbonyl (C=O) groups is 1. The number of nitrogens with zero attached hydrogens (tertiary/aromatic N) is 6. The lowest BCUT2D eigenvalue weighted by Crippen LogP contribution is -2.46. The first-order valence-electron chi connectivity index (χ1n) is 11.1. The molecule has 0 radical (unpaired) electrons. The third kappa shape index (κ3) is 4.53. The maximum Gasteiger partial charge on any atom is 0.335 e. The van der Waals surface area contributed by atoms with Crippen LogP contribution >= 0.6 is 0 Å². The highest BCUT2D eigenvalue weighted by atomic mass is 19.1. The second-order valence-electron chi connectivity index (χ2n) is 8.16. The van der Waals surface area contributed by atoms with Gasteiger partial charge in [-0.3, -0.25) is 19.9 Å². The Morgan fingerprint density at radius 2 is 1.81 bits per heavy atom. The van der Waals surface area contributed by atoms with E-state index in [1.807, 2.05) is 0 Å². The van der Waals surface area contributed by atoms with Crippen LogP contribution in [-0.4, -0.2) is 48.5 Å². The van der Waals surface area contributed by atoms with Gasteiger partial charge in [0, 0.05) is 48.6 Å². The van der Waals surface area contributed by atoms with Crippen molar-refractivity contribution in [2.45, 2.75) is 20.4 Å². The predicted octanol–water partition coefficient (Wildman–Crippen LogP) is 4.14. The molecule has 192 valence electrons. The fourth-order valence-corrected chi connectivity index (χ4v) is 3.97. The highest BCUT2D eigenvalue weighted by Crippen LogP contribution is 2.42. The first kappa shape index (κ1) is 25.5. The molecule has 0 aliphatic carbocycles. The lowest BCUT2D eigenvalue weighted by molar-refractivity contribution is 0.251. The van der Waals surface area contributed by atoms with Crippen molar-refractivity contribution in [2.24, 2.45) is 10.7 Å². The van der Waals surface area contributed by atoms with Gasteiger partial charge >= 0.3 is 6.03 Å². The number of halogens is 2. The Morgan fingerprint density at radius 1 is 1.14 bits per heavy atom. The van der Waals surface area contributed by atoms with Crippen molar-refractivity contribution in [3.05, 3.63) is 65.0 Å². The van der Waals surface area contributed by atoms with Crippen LogP contribution in [0.3, 0.4) is 0 Å². The number of hydrogen-bond donors (Lipinski definition) is 1. The highest BCUT2D eigenvalue weighted by Gasteiger charge is 2.38. The number of anilines is 3. The summed E-state index contributed by atoms with van der Waals surface area (Å²) in [4.78, 5) is 33.2. The molecule has 37 heavy (non-hydrogen) atoms. The summed E-state index contributed by atoms with van der Waals surface area (Å²) in [5, 5.41) is 0. The molecule has 3 aromatic rings. The minimum absolute atomic E-state index is 0.155. The van der Waals surface area contributed by atoms with Crippen molar-refractivity contribution in [1.29, 1.82) is 0 Å². The molecular formula is C25H25F2N7O3. The number of fused-ring (bicyclic) bond motifs is 1. The number of ether oxygens (including phenoxy) is 2. The number of urea groups is 1. The number of methoxy groups -OCH3 is 2. The lowest BCUT2D eigenvalue weighted by atomic mass is 10.1. The molecule has 3 heterocycles. The molecule has 0 spiro atoms. The summed E-state index contributed by atoms with van der Waals surface area (Å²) in [7, 11) is 4.07. The van der Waals surface area contributed by atoms with Crippen molar-refractivity contribution < 1.29 is 23.0 Å². The van der Waals surface area contributed by atoms with Gasteiger partial charge in [-0.05, 0) is 19.9 Å². The zero-order chi connectivity index (χ0) is 26.9. The monoisotopic (exact) mass is 509 g/mol. The average Bonchev–Trinajstić information content (AvgIpc) is 2.87. The molecule has 2 aromatic heterocycles. The van der Waals surface area contributed by atoms with Gasteiger partial charge in [-0.1, -0.05) is 0 Å². The molecule has 1 aliphatic heterocycles. The van der Waals surface area contributed by atoms with E-state index in [0.717, 1.165) is 11.0 Å². The largest absolute Gasteiger partial charge is 0.493 e. The van der Waals surface area contributed by atoms with Crippen LogP contribution in [0.5, 0.6) is 11.5 Å². The van der Waals surface area contributed by atoms with Crippen LogP contribution in [0.1, 0.15) is 23.9 Å². The Labute approximate surface area is 212 Å². The van der Waals surface area contributed by atoms with Crippen LogP contribution in [-0.2, 0) is 6.54 Å². The number of aliphatic imine (C=N–C) groups is 1. The summed E-state index contributed by atoms with van der Waals surface area (Å²) >= 11 is 0. The van der Waals surface area contributed by atoms with Crippen LogP contribution in [0.25, 0.3) is 5.57 Å². The summed E-state index contributed by atoms with van der Waals surface area (Å²) in [5.74, 6) is -2.52. The van der Waals surface area contributed by atoms with E-state index in [-0.39, 0.29) is 23.9 Å². The average molecular weight is 510 g/mol. The molecule has 2 amide bonds. The van der Waals surface area contributed by atoms with E-state index in [0.29, 0.717) is 33.9 Å². The lowest BCUT2D eigenvalue weighted by Gasteiger charge is -2.36. The Morgan fingerprint density at radius 3 is 2.38 bits per heavy atom. The molecule has 0 fully saturated rings. The van der Waals surface area contributed by atoms with Gasteiger partial charge in [0.05, 0.1) is 44.0 Å². The van der Waals surface area contributed by atoms with Crippen molar-refractivity contribution >= 4 is 35.0 Å². The topological polar surface area (TPSA) is 119 Å². The Balaban J connectivity index is 1.97. The van der Waals surface area contributed by atoms with Gasteiger partial charge in [-0.15, -0.1) is 0 Å². The van der Waals surface area contributed by atoms with Gasteiger partial charge in [0.2, 0.25) is 0 Å². The third-order valence-electron chi connectivity index (χ3n) is 5.70. The van der Waals surface area contributed by atoms with Gasteiger partial charge < -0.3 is 15.2 Å². The number of carbonyl (C=O) groups excluding carboxylic acids is 1. The van der Waals surface area contributed by atoms with E-state index in [1.54, 1.807) is 33.2 Å². The summed E-state index contributed by atoms with van der Waals surface area (Å²) < 4.78 is 40.9. The first-order chi connectivity index (χ1) is 17.7. The minimum atomic E-state index is -1.06. The van der Waals surface area contributed by atoms with E-state index in [2.05, 4.69) is 19.9 Å². The molecule has 1 aliphatic rings. The number of amides is 2. The smallest absolute Gasteiger partial charge is 0.335 e. The quantitative estimate of drug-likeness (QED) is 0.496. The molecule has 0 unspecified atom stereocenters. The van der Waals surface area contributed by atoms with Crippen molar-refractivity contribution in [3.8, 4) is 11.5 Å². The van der Waals surface area contributed by atoms with Crippen LogP contribution in [0.15, 0.2) is 41.4 Å². The molecule has 0 saturated carbocycles. The van der Waals surface area contributed by atoms with Crippen LogP contribution < -0.4 is 25.0 Å². The van der Waals surface area contributed by atoms with E-state index in [4.69, 9.17) is 15.2 Å². The molecular weight excluding hydrogens is 484 g/mol. The van der Waals surface area contributed by atoms with Crippen LogP contribution in [0.2, 0.25) is 0 Å². The minimum Gasteiger partial charge on any atom is -0.493 e. The molecule has 2 N–H and O–H groups in total. The second-order valence-corrected chi connectivity index (χ2v) is 8.16. The summed E-state index contributed by atoms with van der Waals surface area (Å²) in [6, 6.07) is 1.96. The number of allylic oxidation sites excluding steroid dienone is 2. The van der Waals surface area contributed by atoms with E-state index in [9.17, 15) is 4.79 Å². The maximum absolute atomic E-state index is 15.4. The number of pyridine rings is 1. The molecule has 0 bridgehead atoms. The Bertz CT molecular complexity index is 1410. The zero-order valence-corrected chi connectivity index (χ0v) is 20.9. The highest BCUT2D eigenvalue weighted by molar-refractivity contribution is 6.13. The SMILES string of the molecule is CN=CC(=C(C)N)c1cc2c(cn1)CN(c1c(F)c(OC)cc(OC)c1F)C(=O)N2c1cncc(C)n1.